The molecule has 0 radical (unpaired) electrons. The van der Waals surface area contributed by atoms with E-state index >= 15 is 0 Å². The largest absolute Gasteiger partial charge is 0.493 e. The van der Waals surface area contributed by atoms with E-state index in [9.17, 15) is 27.6 Å². The Hall–Kier alpha value is -2.98. The molecule has 0 heterocycles. The van der Waals surface area contributed by atoms with Crippen LogP contribution in [0.2, 0.25) is 0 Å². The Labute approximate surface area is 140 Å². The summed E-state index contributed by atoms with van der Waals surface area (Å²) in [4.78, 5) is 34.0. The highest BCUT2D eigenvalue weighted by Crippen LogP contribution is 2.28. The molecule has 0 fully saturated rings. The average Bonchev–Trinajstić information content (AvgIpc) is 2.56. The molecule has 0 aliphatic carbocycles. The number of carbonyl (C=O) groups excluding carboxylic acids is 3. The van der Waals surface area contributed by atoms with Crippen LogP contribution in [0.3, 0.4) is 0 Å². The molecule has 0 aromatic heterocycles. The maximum Gasteiger partial charge on any atom is 0.405 e. The molecule has 0 bridgehead atoms. The molecule has 1 rings (SSSR count). The number of nitrogens with one attached hydrogen (secondary N) is 2. The lowest BCUT2D eigenvalue weighted by Crippen LogP contribution is -2.44. The van der Waals surface area contributed by atoms with Crippen molar-refractivity contribution in [2.24, 2.45) is 0 Å². The van der Waals surface area contributed by atoms with E-state index in [1.807, 2.05) is 0 Å². The molecule has 0 aliphatic rings. The molecule has 138 valence electrons. The van der Waals surface area contributed by atoms with Crippen LogP contribution in [0.25, 0.3) is 0 Å². The Bertz CT molecular complexity index is 648. The standard InChI is InChI=1S/C14H15F3N2O6/c1-23-10-5-8(12(21)24-2)3-4-9(10)25-6-11(20)19-13(22)18-7-14(15,16)17/h3-5H,6-7H2,1-2H3,(H2,18,19,20,22). The van der Waals surface area contributed by atoms with Gasteiger partial charge in [-0.1, -0.05) is 0 Å². The van der Waals surface area contributed by atoms with Gasteiger partial charge in [-0.15, -0.1) is 0 Å². The van der Waals surface area contributed by atoms with Crippen molar-refractivity contribution < 1.29 is 41.8 Å². The van der Waals surface area contributed by atoms with E-state index in [2.05, 4.69) is 4.74 Å². The number of carbonyl (C=O) groups is 3. The second kappa shape index (κ2) is 8.76. The molecule has 1 aromatic carbocycles. The van der Waals surface area contributed by atoms with Gasteiger partial charge < -0.3 is 19.5 Å². The van der Waals surface area contributed by atoms with Crippen LogP contribution in [0.4, 0.5) is 18.0 Å². The second-order valence-corrected chi connectivity index (χ2v) is 4.49. The molecular weight excluding hydrogens is 349 g/mol. The summed E-state index contributed by atoms with van der Waals surface area (Å²) < 4.78 is 50.4. The zero-order chi connectivity index (χ0) is 19.0. The fourth-order valence-corrected chi connectivity index (χ4v) is 1.56. The normalized spacial score (nSPS) is 10.6. The minimum absolute atomic E-state index is 0.0843. The van der Waals surface area contributed by atoms with E-state index in [1.165, 1.54) is 37.7 Å². The first kappa shape index (κ1) is 20.1. The highest BCUT2D eigenvalue weighted by atomic mass is 19.4. The van der Waals surface area contributed by atoms with Crippen molar-refractivity contribution in [2.45, 2.75) is 6.18 Å². The van der Waals surface area contributed by atoms with Gasteiger partial charge in [-0.2, -0.15) is 13.2 Å². The fourth-order valence-electron chi connectivity index (χ4n) is 1.56. The van der Waals surface area contributed by atoms with Crippen LogP contribution >= 0.6 is 0 Å². The number of urea groups is 1. The van der Waals surface area contributed by atoms with Gasteiger partial charge in [-0.3, -0.25) is 10.1 Å². The number of methoxy groups -OCH3 is 2. The number of alkyl halides is 3. The second-order valence-electron chi connectivity index (χ2n) is 4.49. The van der Waals surface area contributed by atoms with Crippen LogP contribution in [0, 0.1) is 0 Å². The van der Waals surface area contributed by atoms with Crippen LogP contribution in [0.1, 0.15) is 10.4 Å². The lowest BCUT2D eigenvalue weighted by Gasteiger charge is -2.12. The quantitative estimate of drug-likeness (QED) is 0.737. The smallest absolute Gasteiger partial charge is 0.405 e. The summed E-state index contributed by atoms with van der Waals surface area (Å²) in [5.74, 6) is -1.37. The molecule has 0 spiro atoms. The highest BCUT2D eigenvalue weighted by Gasteiger charge is 2.28. The monoisotopic (exact) mass is 364 g/mol. The highest BCUT2D eigenvalue weighted by molar-refractivity contribution is 5.95. The van der Waals surface area contributed by atoms with Crippen molar-refractivity contribution in [3.8, 4) is 11.5 Å². The van der Waals surface area contributed by atoms with E-state index in [-0.39, 0.29) is 17.1 Å². The summed E-state index contributed by atoms with van der Waals surface area (Å²) >= 11 is 0. The minimum atomic E-state index is -4.59. The summed E-state index contributed by atoms with van der Waals surface area (Å²) in [5.41, 5.74) is 0.183. The van der Waals surface area contributed by atoms with Crippen LogP contribution in [0.15, 0.2) is 18.2 Å². The zero-order valence-electron chi connectivity index (χ0n) is 13.2. The number of ether oxygens (including phenoxy) is 3. The Morgan fingerprint density at radius 2 is 1.80 bits per heavy atom. The number of hydrogen-bond acceptors (Lipinski definition) is 6. The van der Waals surface area contributed by atoms with E-state index < -0.39 is 37.2 Å². The zero-order valence-corrected chi connectivity index (χ0v) is 13.2. The Morgan fingerprint density at radius 1 is 1.12 bits per heavy atom. The summed E-state index contributed by atoms with van der Waals surface area (Å²) in [6.07, 6.45) is -4.59. The Morgan fingerprint density at radius 3 is 2.36 bits per heavy atom. The van der Waals surface area contributed by atoms with E-state index in [4.69, 9.17) is 9.47 Å². The van der Waals surface area contributed by atoms with Crippen LogP contribution in [-0.4, -0.2) is 51.5 Å². The first-order valence-corrected chi connectivity index (χ1v) is 6.70. The first-order chi connectivity index (χ1) is 11.7. The van der Waals surface area contributed by atoms with Crippen LogP contribution in [-0.2, 0) is 9.53 Å². The van der Waals surface area contributed by atoms with E-state index in [0.717, 1.165) is 0 Å². The van der Waals surface area contributed by atoms with Crippen LogP contribution in [0.5, 0.6) is 11.5 Å². The number of halogens is 3. The van der Waals surface area contributed by atoms with Crippen molar-refractivity contribution in [2.75, 3.05) is 27.4 Å². The summed E-state index contributed by atoms with van der Waals surface area (Å²) in [6, 6.07) is 2.70. The molecule has 1 aromatic rings. The molecule has 3 amide bonds. The molecule has 0 unspecified atom stereocenters. The topological polar surface area (TPSA) is 103 Å². The predicted octanol–water partition coefficient (Wildman–Crippen LogP) is 1.25. The number of amides is 3. The lowest BCUT2D eigenvalue weighted by atomic mass is 10.2. The van der Waals surface area contributed by atoms with Gasteiger partial charge in [0.15, 0.2) is 18.1 Å². The van der Waals surface area contributed by atoms with Gasteiger partial charge in [0, 0.05) is 0 Å². The number of benzene rings is 1. The predicted molar refractivity (Wildman–Crippen MR) is 77.4 cm³/mol. The Balaban J connectivity index is 2.58. The van der Waals surface area contributed by atoms with Crippen molar-refractivity contribution in [1.82, 2.24) is 10.6 Å². The van der Waals surface area contributed by atoms with Gasteiger partial charge in [-0.25, -0.2) is 9.59 Å². The number of esters is 1. The van der Waals surface area contributed by atoms with Crippen LogP contribution < -0.4 is 20.1 Å². The molecule has 0 saturated carbocycles. The molecular formula is C14H15F3N2O6. The Kier molecular flexibility index (Phi) is 7.03. The SMILES string of the molecule is COC(=O)c1ccc(OCC(=O)NC(=O)NCC(F)(F)F)c(OC)c1. The molecule has 25 heavy (non-hydrogen) atoms. The maximum atomic E-state index is 11.9. The van der Waals surface area contributed by atoms with Gasteiger partial charge in [0.2, 0.25) is 0 Å². The first-order valence-electron chi connectivity index (χ1n) is 6.70. The summed E-state index contributed by atoms with van der Waals surface area (Å²) in [5, 5.41) is 3.14. The van der Waals surface area contributed by atoms with Crippen molar-refractivity contribution in [1.29, 1.82) is 0 Å². The third-order valence-electron chi connectivity index (χ3n) is 2.65. The van der Waals surface area contributed by atoms with Crippen molar-refractivity contribution in [3.05, 3.63) is 23.8 Å². The van der Waals surface area contributed by atoms with Gasteiger partial charge >= 0.3 is 18.2 Å². The van der Waals surface area contributed by atoms with Gasteiger partial charge in [0.05, 0.1) is 19.8 Å². The average molecular weight is 364 g/mol. The van der Waals surface area contributed by atoms with Crippen molar-refractivity contribution in [3.63, 3.8) is 0 Å². The third-order valence-corrected chi connectivity index (χ3v) is 2.65. The molecule has 11 heteroatoms. The fraction of sp³-hybridized carbons (Fsp3) is 0.357. The van der Waals surface area contributed by atoms with Crippen molar-refractivity contribution >= 4 is 17.9 Å². The molecule has 0 aliphatic heterocycles. The summed E-state index contributed by atoms with van der Waals surface area (Å²) in [6.45, 7) is -2.23. The summed E-state index contributed by atoms with van der Waals surface area (Å²) in [7, 11) is 2.50. The van der Waals surface area contributed by atoms with Gasteiger partial charge in [0.1, 0.15) is 6.54 Å². The van der Waals surface area contributed by atoms with Gasteiger partial charge in [0.25, 0.3) is 5.91 Å². The van der Waals surface area contributed by atoms with Gasteiger partial charge in [-0.05, 0) is 18.2 Å². The number of rotatable bonds is 6. The minimum Gasteiger partial charge on any atom is -0.493 e. The van der Waals surface area contributed by atoms with E-state index in [0.29, 0.717) is 0 Å². The molecule has 2 N–H and O–H groups in total. The molecule has 0 saturated heterocycles. The molecule has 0 atom stereocenters. The third kappa shape index (κ3) is 6.97. The number of imide groups is 1. The molecule has 8 nitrogen and oxygen atoms in total. The number of hydrogen-bond donors (Lipinski definition) is 2. The lowest BCUT2D eigenvalue weighted by molar-refractivity contribution is -0.125. The maximum absolute atomic E-state index is 11.9. The van der Waals surface area contributed by atoms with E-state index in [1.54, 1.807) is 5.32 Å².